The Morgan fingerprint density at radius 3 is 2.74 bits per heavy atom. The fourth-order valence-corrected chi connectivity index (χ4v) is 3.32. The van der Waals surface area contributed by atoms with E-state index in [0.717, 1.165) is 12.8 Å². The summed E-state index contributed by atoms with van der Waals surface area (Å²) in [7, 11) is 0. The van der Waals surface area contributed by atoms with Crippen molar-refractivity contribution < 1.29 is 19.1 Å². The molecule has 5 nitrogen and oxygen atoms in total. The van der Waals surface area contributed by atoms with E-state index < -0.39 is 5.91 Å². The van der Waals surface area contributed by atoms with Gasteiger partial charge in [0, 0.05) is 12.5 Å². The van der Waals surface area contributed by atoms with Gasteiger partial charge in [0.25, 0.3) is 5.91 Å². The minimum Gasteiger partial charge on any atom is -0.493 e. The molecule has 1 aromatic rings. The highest BCUT2D eigenvalue weighted by Crippen LogP contribution is 2.33. The molecule has 2 N–H and O–H groups in total. The Balaban J connectivity index is 1.84. The van der Waals surface area contributed by atoms with Gasteiger partial charge in [-0.15, -0.1) is 0 Å². The molecule has 1 saturated carbocycles. The molecule has 1 fully saturated rings. The molecule has 0 saturated heterocycles. The van der Waals surface area contributed by atoms with Gasteiger partial charge < -0.3 is 15.2 Å². The van der Waals surface area contributed by atoms with Crippen molar-refractivity contribution in [2.24, 2.45) is 11.7 Å². The van der Waals surface area contributed by atoms with E-state index in [-0.39, 0.29) is 11.3 Å². The maximum absolute atomic E-state index is 12.1. The van der Waals surface area contributed by atoms with Gasteiger partial charge in [-0.05, 0) is 31.2 Å². The average Bonchev–Trinajstić information content (AvgIpc) is 2.74. The lowest BCUT2D eigenvalue weighted by atomic mass is 9.90. The third kappa shape index (κ3) is 3.66. The van der Waals surface area contributed by atoms with E-state index in [9.17, 15) is 9.59 Å². The highest BCUT2D eigenvalue weighted by Gasteiger charge is 2.23. The quantitative estimate of drug-likeness (QED) is 0.925. The lowest BCUT2D eigenvalue weighted by molar-refractivity contribution is 0.0983. The van der Waals surface area contributed by atoms with Crippen LogP contribution in [0, 0.1) is 5.92 Å². The Bertz CT molecular complexity index is 605. The highest BCUT2D eigenvalue weighted by atomic mass is 16.5. The number of fused-ring (bicyclic) bond motifs is 1. The molecule has 0 spiro atoms. The van der Waals surface area contributed by atoms with Crippen molar-refractivity contribution in [1.82, 2.24) is 0 Å². The van der Waals surface area contributed by atoms with Gasteiger partial charge in [-0.25, -0.2) is 0 Å². The van der Waals surface area contributed by atoms with Crippen molar-refractivity contribution in [3.05, 3.63) is 23.3 Å². The molecule has 5 heteroatoms. The summed E-state index contributed by atoms with van der Waals surface area (Å²) in [5, 5.41) is 0. The number of ketones is 1. The number of benzene rings is 1. The van der Waals surface area contributed by atoms with Crippen LogP contribution in [-0.4, -0.2) is 24.9 Å². The second kappa shape index (κ2) is 7.02. The minimum absolute atomic E-state index is 0.0150. The Morgan fingerprint density at radius 2 is 2.00 bits per heavy atom. The van der Waals surface area contributed by atoms with Crippen LogP contribution >= 0.6 is 0 Å². The maximum Gasteiger partial charge on any atom is 0.252 e. The highest BCUT2D eigenvalue weighted by molar-refractivity contribution is 6.03. The van der Waals surface area contributed by atoms with Gasteiger partial charge in [-0.3, -0.25) is 9.59 Å². The van der Waals surface area contributed by atoms with Crippen molar-refractivity contribution in [3.63, 3.8) is 0 Å². The summed E-state index contributed by atoms with van der Waals surface area (Å²) < 4.78 is 11.5. The van der Waals surface area contributed by atoms with E-state index in [4.69, 9.17) is 15.2 Å². The van der Waals surface area contributed by atoms with Crippen molar-refractivity contribution in [2.45, 2.75) is 44.9 Å². The van der Waals surface area contributed by atoms with Gasteiger partial charge in [-0.2, -0.15) is 0 Å². The number of amides is 1. The van der Waals surface area contributed by atoms with Crippen LogP contribution in [0.4, 0.5) is 0 Å². The zero-order chi connectivity index (χ0) is 16.2. The number of carbonyl (C=O) groups is 2. The van der Waals surface area contributed by atoms with Crippen LogP contribution in [0.3, 0.4) is 0 Å². The molecule has 1 aliphatic carbocycles. The van der Waals surface area contributed by atoms with Crippen LogP contribution in [0.15, 0.2) is 12.1 Å². The predicted molar refractivity (Wildman–Crippen MR) is 86.1 cm³/mol. The molecule has 1 aliphatic heterocycles. The smallest absolute Gasteiger partial charge is 0.252 e. The van der Waals surface area contributed by atoms with Crippen LogP contribution in [0.2, 0.25) is 0 Å². The number of rotatable bonds is 4. The number of Topliss-reactive ketones (excluding diaryl/α,β-unsaturated/α-hetero) is 1. The predicted octanol–water partition coefficient (Wildman–Crippen LogP) is 3.10. The van der Waals surface area contributed by atoms with Crippen LogP contribution in [0.25, 0.3) is 0 Å². The Hall–Kier alpha value is -2.04. The number of nitrogens with two attached hydrogens (primary N) is 1. The van der Waals surface area contributed by atoms with Crippen LogP contribution in [0.5, 0.6) is 11.5 Å². The standard InChI is InChI=1S/C18H23NO4/c19-18(21)14-9-13-15(20)7-4-8-22-16(13)10-17(14)23-11-12-5-2-1-3-6-12/h9-10,12H,1-8,11H2,(H2,19,21). The molecule has 124 valence electrons. The van der Waals surface area contributed by atoms with E-state index in [2.05, 4.69) is 0 Å². The first-order chi connectivity index (χ1) is 11.1. The number of hydrogen-bond acceptors (Lipinski definition) is 4. The summed E-state index contributed by atoms with van der Waals surface area (Å²) >= 11 is 0. The molecule has 0 atom stereocenters. The second-order valence-electron chi connectivity index (χ2n) is 6.40. The number of ether oxygens (including phenoxy) is 2. The van der Waals surface area contributed by atoms with Gasteiger partial charge in [0.15, 0.2) is 5.78 Å². The number of hydrogen-bond donors (Lipinski definition) is 1. The van der Waals surface area contributed by atoms with Crippen molar-refractivity contribution >= 4 is 11.7 Å². The molecule has 3 rings (SSSR count). The summed E-state index contributed by atoms with van der Waals surface area (Å²) in [6.45, 7) is 1.07. The number of primary amides is 1. The van der Waals surface area contributed by atoms with Gasteiger partial charge in [0.05, 0.1) is 24.3 Å². The fourth-order valence-electron chi connectivity index (χ4n) is 3.32. The SMILES string of the molecule is NC(=O)c1cc2c(cc1OCC1CCCCC1)OCCCC2=O. The summed E-state index contributed by atoms with van der Waals surface area (Å²) in [4.78, 5) is 23.9. The first-order valence-electron chi connectivity index (χ1n) is 8.42. The summed E-state index contributed by atoms with van der Waals surface area (Å²) in [6.07, 6.45) is 7.18. The second-order valence-corrected chi connectivity index (χ2v) is 6.40. The molecule has 0 aromatic heterocycles. The van der Waals surface area contributed by atoms with E-state index >= 15 is 0 Å². The molecule has 0 bridgehead atoms. The molecule has 1 heterocycles. The Labute approximate surface area is 136 Å². The third-order valence-corrected chi connectivity index (χ3v) is 4.65. The van der Waals surface area contributed by atoms with Gasteiger partial charge in [0.1, 0.15) is 11.5 Å². The minimum atomic E-state index is -0.580. The van der Waals surface area contributed by atoms with E-state index in [1.54, 1.807) is 6.07 Å². The van der Waals surface area contributed by atoms with E-state index in [1.165, 1.54) is 25.3 Å². The zero-order valence-electron chi connectivity index (χ0n) is 13.3. The zero-order valence-corrected chi connectivity index (χ0v) is 13.3. The number of carbonyl (C=O) groups excluding carboxylic acids is 2. The Kier molecular flexibility index (Phi) is 4.84. The van der Waals surface area contributed by atoms with E-state index in [1.807, 2.05) is 0 Å². The molecular weight excluding hydrogens is 294 g/mol. The molecule has 23 heavy (non-hydrogen) atoms. The van der Waals surface area contributed by atoms with Crippen LogP contribution < -0.4 is 15.2 Å². The topological polar surface area (TPSA) is 78.6 Å². The molecule has 1 amide bonds. The van der Waals surface area contributed by atoms with Gasteiger partial charge in [-0.1, -0.05) is 19.3 Å². The Morgan fingerprint density at radius 1 is 1.22 bits per heavy atom. The average molecular weight is 317 g/mol. The van der Waals surface area contributed by atoms with E-state index in [0.29, 0.717) is 49.0 Å². The lowest BCUT2D eigenvalue weighted by Crippen LogP contribution is -2.19. The lowest BCUT2D eigenvalue weighted by Gasteiger charge is -2.22. The molecule has 0 radical (unpaired) electrons. The first-order valence-corrected chi connectivity index (χ1v) is 8.42. The van der Waals surface area contributed by atoms with Gasteiger partial charge in [0.2, 0.25) is 0 Å². The first kappa shape index (κ1) is 15.8. The van der Waals surface area contributed by atoms with Crippen LogP contribution in [0.1, 0.15) is 65.7 Å². The van der Waals surface area contributed by atoms with Gasteiger partial charge >= 0.3 is 0 Å². The summed E-state index contributed by atoms with van der Waals surface area (Å²) in [5.41, 5.74) is 6.16. The van der Waals surface area contributed by atoms with Crippen LogP contribution in [-0.2, 0) is 0 Å². The van der Waals surface area contributed by atoms with Crippen molar-refractivity contribution in [3.8, 4) is 11.5 Å². The molecule has 2 aliphatic rings. The molecule has 0 unspecified atom stereocenters. The third-order valence-electron chi connectivity index (χ3n) is 4.65. The molecule has 1 aromatic carbocycles. The van der Waals surface area contributed by atoms with Crippen molar-refractivity contribution in [2.75, 3.05) is 13.2 Å². The summed E-state index contributed by atoms with van der Waals surface area (Å²) in [6, 6.07) is 3.18. The fraction of sp³-hybridized carbons (Fsp3) is 0.556. The molecular formula is C18H23NO4. The monoisotopic (exact) mass is 317 g/mol. The normalized spacial score (nSPS) is 18.7. The maximum atomic E-state index is 12.1. The summed E-state index contributed by atoms with van der Waals surface area (Å²) in [5.74, 6) is 0.848. The largest absolute Gasteiger partial charge is 0.493 e. The van der Waals surface area contributed by atoms with Crippen molar-refractivity contribution in [1.29, 1.82) is 0 Å².